The third-order valence-corrected chi connectivity index (χ3v) is 6.00. The molecule has 6 heteroatoms. The van der Waals surface area contributed by atoms with Crippen LogP contribution in [0.5, 0.6) is 0 Å². The number of rotatable bonds is 9. The summed E-state index contributed by atoms with van der Waals surface area (Å²) in [5.74, 6) is -0.914. The Balaban J connectivity index is 1.72. The lowest BCUT2D eigenvalue weighted by Gasteiger charge is -2.20. The van der Waals surface area contributed by atoms with Gasteiger partial charge in [0.2, 0.25) is 10.0 Å². The number of nitrogens with zero attached hydrogens (tertiary/aromatic N) is 1. The second kappa shape index (κ2) is 9.69. The van der Waals surface area contributed by atoms with Crippen LogP contribution in [0.2, 0.25) is 0 Å². The summed E-state index contributed by atoms with van der Waals surface area (Å²) >= 11 is 0. The molecular weight excluding hydrogens is 398 g/mol. The molecular formula is C24H25NO4S. The summed E-state index contributed by atoms with van der Waals surface area (Å²) < 4.78 is 26.1. The standard InChI is InChI=1S/C24H25NO4S/c1-30(28,29)25(18-23-9-5-8-22(15-23)16-24(26)27)17-21-12-10-20(11-13-21)14-19-6-3-2-4-7-19/h2-13,15H,14,16-18H2,1H3,(H,26,27). The van der Waals surface area contributed by atoms with Crippen molar-refractivity contribution in [3.8, 4) is 0 Å². The predicted octanol–water partition coefficient (Wildman–Crippen LogP) is 3.87. The van der Waals surface area contributed by atoms with Crippen molar-refractivity contribution >= 4 is 16.0 Å². The Bertz CT molecular complexity index is 1090. The topological polar surface area (TPSA) is 74.7 Å². The summed E-state index contributed by atoms with van der Waals surface area (Å²) in [4.78, 5) is 10.9. The molecule has 0 radical (unpaired) electrons. The Morgan fingerprint density at radius 2 is 1.30 bits per heavy atom. The largest absolute Gasteiger partial charge is 0.481 e. The van der Waals surface area contributed by atoms with Crippen LogP contribution in [-0.4, -0.2) is 30.1 Å². The summed E-state index contributed by atoms with van der Waals surface area (Å²) in [5.41, 5.74) is 4.71. The SMILES string of the molecule is CS(=O)(=O)N(Cc1ccc(Cc2ccccc2)cc1)Cc1cccc(CC(=O)O)c1. The Kier molecular flexibility index (Phi) is 7.03. The van der Waals surface area contributed by atoms with E-state index >= 15 is 0 Å². The summed E-state index contributed by atoms with van der Waals surface area (Å²) in [5, 5.41) is 8.97. The first kappa shape index (κ1) is 21.7. The van der Waals surface area contributed by atoms with E-state index in [9.17, 15) is 13.2 Å². The van der Waals surface area contributed by atoms with Crippen molar-refractivity contribution in [3.05, 3.63) is 107 Å². The average Bonchev–Trinajstić information content (AvgIpc) is 2.69. The average molecular weight is 424 g/mol. The van der Waals surface area contributed by atoms with Gasteiger partial charge in [-0.3, -0.25) is 4.79 Å². The molecule has 0 unspecified atom stereocenters. The van der Waals surface area contributed by atoms with Crippen LogP contribution < -0.4 is 0 Å². The first-order chi connectivity index (χ1) is 14.3. The fourth-order valence-corrected chi connectivity index (χ4v) is 4.07. The maximum Gasteiger partial charge on any atom is 0.307 e. The van der Waals surface area contributed by atoms with Crippen LogP contribution in [0.1, 0.15) is 27.8 Å². The van der Waals surface area contributed by atoms with Crippen molar-refractivity contribution in [1.82, 2.24) is 4.31 Å². The molecule has 30 heavy (non-hydrogen) atoms. The van der Waals surface area contributed by atoms with Crippen molar-refractivity contribution in [2.75, 3.05) is 6.26 Å². The minimum atomic E-state index is -3.44. The zero-order valence-corrected chi connectivity index (χ0v) is 17.7. The molecule has 0 aliphatic heterocycles. The van der Waals surface area contributed by atoms with E-state index in [4.69, 9.17) is 5.11 Å². The highest BCUT2D eigenvalue weighted by molar-refractivity contribution is 7.88. The first-order valence-corrected chi connectivity index (χ1v) is 11.5. The Hall–Kier alpha value is -2.96. The lowest BCUT2D eigenvalue weighted by atomic mass is 10.0. The van der Waals surface area contributed by atoms with Crippen LogP contribution in [0.15, 0.2) is 78.9 Å². The van der Waals surface area contributed by atoms with Gasteiger partial charge in [-0.15, -0.1) is 0 Å². The van der Waals surface area contributed by atoms with Crippen molar-refractivity contribution in [1.29, 1.82) is 0 Å². The van der Waals surface area contributed by atoms with Crippen LogP contribution in [0.3, 0.4) is 0 Å². The fraction of sp³-hybridized carbons (Fsp3) is 0.208. The minimum absolute atomic E-state index is 0.0877. The molecule has 3 aromatic rings. The molecule has 0 aliphatic carbocycles. The van der Waals surface area contributed by atoms with E-state index in [-0.39, 0.29) is 19.5 Å². The third-order valence-electron chi connectivity index (χ3n) is 4.81. The molecule has 0 saturated heterocycles. The van der Waals surface area contributed by atoms with Crippen LogP contribution in [0.25, 0.3) is 0 Å². The number of aliphatic carboxylic acids is 1. The van der Waals surface area contributed by atoms with Crippen LogP contribution >= 0.6 is 0 Å². The molecule has 0 spiro atoms. The van der Waals surface area contributed by atoms with Crippen molar-refractivity contribution in [2.45, 2.75) is 25.9 Å². The molecule has 0 fully saturated rings. The van der Waals surface area contributed by atoms with Gasteiger partial charge in [-0.05, 0) is 34.2 Å². The second-order valence-electron chi connectivity index (χ2n) is 7.40. The van der Waals surface area contributed by atoms with Crippen LogP contribution in [-0.2, 0) is 40.7 Å². The number of hydrogen-bond donors (Lipinski definition) is 1. The summed E-state index contributed by atoms with van der Waals surface area (Å²) in [7, 11) is -3.44. The van der Waals surface area contributed by atoms with E-state index in [1.54, 1.807) is 18.2 Å². The van der Waals surface area contributed by atoms with E-state index in [1.807, 2.05) is 48.5 Å². The quantitative estimate of drug-likeness (QED) is 0.567. The molecule has 0 atom stereocenters. The van der Waals surface area contributed by atoms with E-state index in [0.717, 1.165) is 23.1 Å². The Morgan fingerprint density at radius 3 is 1.93 bits per heavy atom. The molecule has 0 amide bonds. The van der Waals surface area contributed by atoms with Gasteiger partial charge < -0.3 is 5.11 Å². The van der Waals surface area contributed by atoms with E-state index in [2.05, 4.69) is 12.1 Å². The first-order valence-electron chi connectivity index (χ1n) is 9.66. The normalized spacial score (nSPS) is 11.5. The third kappa shape index (κ3) is 6.54. The van der Waals surface area contributed by atoms with Crippen molar-refractivity contribution < 1.29 is 18.3 Å². The van der Waals surface area contributed by atoms with Gasteiger partial charge >= 0.3 is 5.97 Å². The van der Waals surface area contributed by atoms with Gasteiger partial charge in [-0.1, -0.05) is 78.9 Å². The number of carbonyl (C=O) groups is 1. The van der Waals surface area contributed by atoms with Gasteiger partial charge in [0.25, 0.3) is 0 Å². The van der Waals surface area contributed by atoms with E-state index < -0.39 is 16.0 Å². The highest BCUT2D eigenvalue weighted by atomic mass is 32.2. The number of carboxylic acids is 1. The van der Waals surface area contributed by atoms with Crippen LogP contribution in [0.4, 0.5) is 0 Å². The molecule has 156 valence electrons. The highest BCUT2D eigenvalue weighted by Crippen LogP contribution is 2.17. The molecule has 0 heterocycles. The molecule has 3 aromatic carbocycles. The maximum atomic E-state index is 12.3. The number of benzene rings is 3. The zero-order chi connectivity index (χ0) is 21.6. The Labute approximate surface area is 177 Å². The molecule has 0 aliphatic rings. The monoisotopic (exact) mass is 423 g/mol. The summed E-state index contributed by atoms with van der Waals surface area (Å²) in [6, 6.07) is 25.2. The minimum Gasteiger partial charge on any atom is -0.481 e. The van der Waals surface area contributed by atoms with Gasteiger partial charge in [-0.2, -0.15) is 4.31 Å². The number of hydrogen-bond acceptors (Lipinski definition) is 3. The lowest BCUT2D eigenvalue weighted by molar-refractivity contribution is -0.136. The molecule has 5 nitrogen and oxygen atoms in total. The van der Waals surface area contributed by atoms with Gasteiger partial charge in [0, 0.05) is 13.1 Å². The number of sulfonamides is 1. The predicted molar refractivity (Wildman–Crippen MR) is 118 cm³/mol. The lowest BCUT2D eigenvalue weighted by Crippen LogP contribution is -2.29. The van der Waals surface area contributed by atoms with Gasteiger partial charge in [-0.25, -0.2) is 8.42 Å². The van der Waals surface area contributed by atoms with E-state index in [0.29, 0.717) is 5.56 Å². The van der Waals surface area contributed by atoms with Crippen molar-refractivity contribution in [2.24, 2.45) is 0 Å². The van der Waals surface area contributed by atoms with Gasteiger partial charge in [0.05, 0.1) is 12.7 Å². The molecule has 0 saturated carbocycles. The zero-order valence-electron chi connectivity index (χ0n) is 16.9. The molecule has 0 aromatic heterocycles. The smallest absolute Gasteiger partial charge is 0.307 e. The second-order valence-corrected chi connectivity index (χ2v) is 9.38. The highest BCUT2D eigenvalue weighted by Gasteiger charge is 2.18. The molecule has 3 rings (SSSR count). The van der Waals surface area contributed by atoms with E-state index in [1.165, 1.54) is 16.1 Å². The molecule has 1 N–H and O–H groups in total. The summed E-state index contributed by atoms with van der Waals surface area (Å²) in [6.45, 7) is 0.450. The maximum absolute atomic E-state index is 12.3. The fourth-order valence-electron chi connectivity index (χ4n) is 3.30. The Morgan fingerprint density at radius 1 is 0.767 bits per heavy atom. The van der Waals surface area contributed by atoms with Crippen LogP contribution in [0, 0.1) is 0 Å². The van der Waals surface area contributed by atoms with Gasteiger partial charge in [0.15, 0.2) is 0 Å². The van der Waals surface area contributed by atoms with Gasteiger partial charge in [0.1, 0.15) is 0 Å². The molecule has 0 bridgehead atoms. The number of carboxylic acid groups (broad SMARTS) is 1. The summed E-state index contributed by atoms with van der Waals surface area (Å²) in [6.07, 6.45) is 1.93. The van der Waals surface area contributed by atoms with Crippen molar-refractivity contribution in [3.63, 3.8) is 0 Å².